The predicted octanol–water partition coefficient (Wildman–Crippen LogP) is 3.20. The Bertz CT molecular complexity index is 446. The van der Waals surface area contributed by atoms with Crippen molar-refractivity contribution in [3.8, 4) is 0 Å². The molecule has 0 spiro atoms. The number of alkyl halides is 2. The van der Waals surface area contributed by atoms with Crippen molar-refractivity contribution in [2.24, 2.45) is 5.92 Å². The van der Waals surface area contributed by atoms with Gasteiger partial charge in [0.25, 0.3) is 6.43 Å². The van der Waals surface area contributed by atoms with Crippen LogP contribution < -0.4 is 5.32 Å². The highest BCUT2D eigenvalue weighted by molar-refractivity contribution is 5.24. The van der Waals surface area contributed by atoms with Gasteiger partial charge in [-0.3, -0.25) is 0 Å². The molecule has 2 aliphatic rings. The van der Waals surface area contributed by atoms with Gasteiger partial charge in [-0.15, -0.1) is 0 Å². The lowest BCUT2D eigenvalue weighted by molar-refractivity contribution is 0.151. The van der Waals surface area contributed by atoms with Gasteiger partial charge in [0.15, 0.2) is 0 Å². The third-order valence-electron chi connectivity index (χ3n) is 4.35. The fraction of sp³-hybridized carbons (Fsp3) is 0.625. The lowest BCUT2D eigenvalue weighted by atomic mass is 10.1. The van der Waals surface area contributed by atoms with E-state index in [1.165, 1.54) is 38.4 Å². The number of likely N-dealkylation sites (tertiary alicyclic amines) is 1. The van der Waals surface area contributed by atoms with Gasteiger partial charge in [0.1, 0.15) is 0 Å². The van der Waals surface area contributed by atoms with E-state index in [1.807, 2.05) is 6.07 Å². The SMILES string of the molecule is FC(F)c1cccc(CNCC2CCN(C3CC3)C2)c1. The molecule has 1 heterocycles. The number of rotatable bonds is 6. The molecule has 1 aromatic rings. The van der Waals surface area contributed by atoms with E-state index in [1.54, 1.807) is 12.1 Å². The topological polar surface area (TPSA) is 15.3 Å². The van der Waals surface area contributed by atoms with Crippen LogP contribution in [0.1, 0.15) is 36.8 Å². The van der Waals surface area contributed by atoms with Crippen LogP contribution in [0.25, 0.3) is 0 Å². The molecule has 1 aromatic carbocycles. The van der Waals surface area contributed by atoms with E-state index < -0.39 is 6.43 Å². The zero-order valence-corrected chi connectivity index (χ0v) is 11.7. The summed E-state index contributed by atoms with van der Waals surface area (Å²) < 4.78 is 25.2. The van der Waals surface area contributed by atoms with Gasteiger partial charge in [-0.25, -0.2) is 8.78 Å². The van der Waals surface area contributed by atoms with E-state index in [2.05, 4.69) is 10.2 Å². The third kappa shape index (κ3) is 3.55. The van der Waals surface area contributed by atoms with Crippen LogP contribution in [0.2, 0.25) is 0 Å². The van der Waals surface area contributed by atoms with E-state index >= 15 is 0 Å². The van der Waals surface area contributed by atoms with E-state index in [-0.39, 0.29) is 5.56 Å². The van der Waals surface area contributed by atoms with Crippen LogP contribution in [0.5, 0.6) is 0 Å². The number of benzene rings is 1. The maximum atomic E-state index is 12.6. The molecule has 2 nitrogen and oxygen atoms in total. The van der Waals surface area contributed by atoms with Crippen LogP contribution in [0.15, 0.2) is 24.3 Å². The Balaban J connectivity index is 1.42. The first kappa shape index (κ1) is 14.0. The summed E-state index contributed by atoms with van der Waals surface area (Å²) in [4.78, 5) is 2.60. The van der Waals surface area contributed by atoms with Crippen LogP contribution in [0.3, 0.4) is 0 Å². The van der Waals surface area contributed by atoms with Crippen molar-refractivity contribution in [3.05, 3.63) is 35.4 Å². The standard InChI is InChI=1S/C16H22F2N2/c17-16(18)14-3-1-2-12(8-14)9-19-10-13-6-7-20(11-13)15-4-5-15/h1-3,8,13,15-16,19H,4-7,9-11H2. The van der Waals surface area contributed by atoms with Gasteiger partial charge in [-0.1, -0.05) is 18.2 Å². The monoisotopic (exact) mass is 280 g/mol. The molecule has 1 aliphatic carbocycles. The molecule has 0 bridgehead atoms. The highest BCUT2D eigenvalue weighted by atomic mass is 19.3. The molecule has 1 atom stereocenters. The lowest BCUT2D eigenvalue weighted by Crippen LogP contribution is -2.27. The van der Waals surface area contributed by atoms with Crippen LogP contribution >= 0.6 is 0 Å². The molecule has 1 unspecified atom stereocenters. The predicted molar refractivity (Wildman–Crippen MR) is 75.8 cm³/mol. The zero-order chi connectivity index (χ0) is 13.9. The van der Waals surface area contributed by atoms with Crippen LogP contribution in [-0.2, 0) is 6.54 Å². The molecule has 110 valence electrons. The molecule has 20 heavy (non-hydrogen) atoms. The normalized spacial score (nSPS) is 23.6. The van der Waals surface area contributed by atoms with E-state index in [4.69, 9.17) is 0 Å². The maximum absolute atomic E-state index is 12.6. The number of nitrogens with zero attached hydrogens (tertiary/aromatic N) is 1. The quantitative estimate of drug-likeness (QED) is 0.861. The molecule has 4 heteroatoms. The molecule has 1 N–H and O–H groups in total. The third-order valence-corrected chi connectivity index (χ3v) is 4.35. The Labute approximate surface area is 119 Å². The molecule has 0 aromatic heterocycles. The smallest absolute Gasteiger partial charge is 0.263 e. The summed E-state index contributed by atoms with van der Waals surface area (Å²) in [5.74, 6) is 0.717. The minimum atomic E-state index is -2.38. The summed E-state index contributed by atoms with van der Waals surface area (Å²) in [5, 5.41) is 3.42. The van der Waals surface area contributed by atoms with Gasteiger partial charge in [-0.05, 0) is 49.9 Å². The summed E-state index contributed by atoms with van der Waals surface area (Å²) in [6.07, 6.45) is 1.64. The molecular weight excluding hydrogens is 258 g/mol. The highest BCUT2D eigenvalue weighted by Crippen LogP contribution is 2.31. The highest BCUT2D eigenvalue weighted by Gasteiger charge is 2.33. The average molecular weight is 280 g/mol. The maximum Gasteiger partial charge on any atom is 0.263 e. The summed E-state index contributed by atoms with van der Waals surface area (Å²) >= 11 is 0. The first-order valence-corrected chi connectivity index (χ1v) is 7.54. The lowest BCUT2D eigenvalue weighted by Gasteiger charge is -2.15. The zero-order valence-electron chi connectivity index (χ0n) is 11.7. The average Bonchev–Trinajstić information content (AvgIpc) is 3.19. The Kier molecular flexibility index (Phi) is 4.32. The molecule has 0 radical (unpaired) electrons. The van der Waals surface area contributed by atoms with E-state index in [0.717, 1.165) is 18.2 Å². The molecule has 3 rings (SSSR count). The number of hydrogen-bond acceptors (Lipinski definition) is 2. The van der Waals surface area contributed by atoms with Gasteiger partial charge in [0.2, 0.25) is 0 Å². The number of hydrogen-bond donors (Lipinski definition) is 1. The van der Waals surface area contributed by atoms with E-state index in [0.29, 0.717) is 12.5 Å². The van der Waals surface area contributed by atoms with Crippen molar-refractivity contribution in [3.63, 3.8) is 0 Å². The number of nitrogens with one attached hydrogen (secondary N) is 1. The van der Waals surface area contributed by atoms with Crippen LogP contribution in [0, 0.1) is 5.92 Å². The molecule has 2 fully saturated rings. The van der Waals surface area contributed by atoms with Crippen molar-refractivity contribution in [2.45, 2.75) is 38.3 Å². The number of halogens is 2. The molecule has 0 amide bonds. The Morgan fingerprint density at radius 3 is 2.85 bits per heavy atom. The fourth-order valence-electron chi connectivity index (χ4n) is 3.06. The van der Waals surface area contributed by atoms with Crippen molar-refractivity contribution in [1.82, 2.24) is 10.2 Å². The van der Waals surface area contributed by atoms with Crippen molar-refractivity contribution < 1.29 is 8.78 Å². The summed E-state index contributed by atoms with van der Waals surface area (Å²) in [7, 11) is 0. The summed E-state index contributed by atoms with van der Waals surface area (Å²) in [5.41, 5.74) is 1.06. The fourth-order valence-corrected chi connectivity index (χ4v) is 3.06. The van der Waals surface area contributed by atoms with Crippen LogP contribution in [0.4, 0.5) is 8.78 Å². The molecule has 1 saturated heterocycles. The van der Waals surface area contributed by atoms with E-state index in [9.17, 15) is 8.78 Å². The Hall–Kier alpha value is -1.00. The van der Waals surface area contributed by atoms with Gasteiger partial charge < -0.3 is 10.2 Å². The largest absolute Gasteiger partial charge is 0.312 e. The molecule has 1 saturated carbocycles. The second kappa shape index (κ2) is 6.19. The molecule has 1 aliphatic heterocycles. The Morgan fingerprint density at radius 2 is 2.10 bits per heavy atom. The van der Waals surface area contributed by atoms with Gasteiger partial charge >= 0.3 is 0 Å². The first-order valence-electron chi connectivity index (χ1n) is 7.54. The molecular formula is C16H22F2N2. The van der Waals surface area contributed by atoms with Gasteiger partial charge in [0, 0.05) is 24.7 Å². The summed E-state index contributed by atoms with van der Waals surface area (Å²) in [6.45, 7) is 4.11. The second-order valence-electron chi connectivity index (χ2n) is 6.06. The minimum absolute atomic E-state index is 0.116. The first-order chi connectivity index (χ1) is 9.72. The van der Waals surface area contributed by atoms with Crippen molar-refractivity contribution in [1.29, 1.82) is 0 Å². The van der Waals surface area contributed by atoms with Crippen LogP contribution in [-0.4, -0.2) is 30.6 Å². The minimum Gasteiger partial charge on any atom is -0.312 e. The van der Waals surface area contributed by atoms with Crippen molar-refractivity contribution in [2.75, 3.05) is 19.6 Å². The van der Waals surface area contributed by atoms with Crippen molar-refractivity contribution >= 4 is 0 Å². The second-order valence-corrected chi connectivity index (χ2v) is 6.06. The van der Waals surface area contributed by atoms with Gasteiger partial charge in [0.05, 0.1) is 0 Å². The summed E-state index contributed by atoms with van der Waals surface area (Å²) in [6, 6.07) is 7.57. The Morgan fingerprint density at radius 1 is 1.25 bits per heavy atom. The van der Waals surface area contributed by atoms with Gasteiger partial charge in [-0.2, -0.15) is 0 Å².